The molecule has 0 unspecified atom stereocenters. The van der Waals surface area contributed by atoms with E-state index in [1.165, 1.54) is 18.2 Å². The van der Waals surface area contributed by atoms with Crippen LogP contribution in [0, 0.1) is 5.82 Å². The molecular weight excluding hydrogens is 354 g/mol. The maximum Gasteiger partial charge on any atom is 0.168 e. The number of benzene rings is 2. The Morgan fingerprint density at radius 1 is 1.16 bits per heavy atom. The van der Waals surface area contributed by atoms with Crippen LogP contribution < -0.4 is 0 Å². The molecule has 0 aliphatic rings. The molecule has 0 aliphatic heterocycles. The molecule has 0 atom stereocenters. The van der Waals surface area contributed by atoms with Gasteiger partial charge in [-0.2, -0.15) is 0 Å². The minimum atomic E-state index is -0.419. The van der Waals surface area contributed by atoms with Gasteiger partial charge in [0.05, 0.1) is 0 Å². The molecular formula is C14H8BrCl2FO. The summed E-state index contributed by atoms with van der Waals surface area (Å²) in [6, 6.07) is 8.90. The van der Waals surface area contributed by atoms with Gasteiger partial charge in [0.25, 0.3) is 0 Å². The van der Waals surface area contributed by atoms with Gasteiger partial charge in [-0.3, -0.25) is 4.79 Å². The first-order chi connectivity index (χ1) is 8.97. The molecule has 0 aliphatic carbocycles. The van der Waals surface area contributed by atoms with Crippen molar-refractivity contribution in [3.8, 4) is 0 Å². The average molecular weight is 362 g/mol. The maximum absolute atomic E-state index is 13.1. The number of rotatable bonds is 3. The molecule has 1 nitrogen and oxygen atoms in total. The molecule has 2 rings (SSSR count). The second kappa shape index (κ2) is 6.04. The van der Waals surface area contributed by atoms with Gasteiger partial charge in [-0.25, -0.2) is 4.39 Å². The molecule has 0 spiro atoms. The van der Waals surface area contributed by atoms with E-state index in [2.05, 4.69) is 15.9 Å². The van der Waals surface area contributed by atoms with Crippen molar-refractivity contribution in [1.82, 2.24) is 0 Å². The average Bonchev–Trinajstić information content (AvgIpc) is 2.36. The first-order valence-corrected chi connectivity index (χ1v) is 6.94. The summed E-state index contributed by atoms with van der Waals surface area (Å²) in [5.41, 5.74) is 0.909. The highest BCUT2D eigenvalue weighted by atomic mass is 79.9. The molecule has 0 saturated carbocycles. The minimum Gasteiger partial charge on any atom is -0.294 e. The molecule has 98 valence electrons. The van der Waals surface area contributed by atoms with E-state index >= 15 is 0 Å². The summed E-state index contributed by atoms with van der Waals surface area (Å²) in [6.45, 7) is 0. The lowest BCUT2D eigenvalue weighted by Gasteiger charge is -2.06. The van der Waals surface area contributed by atoms with Crippen LogP contribution in [0.3, 0.4) is 0 Å². The molecule has 5 heteroatoms. The fraction of sp³-hybridized carbons (Fsp3) is 0.0714. The first-order valence-electron chi connectivity index (χ1n) is 5.39. The molecule has 2 aromatic rings. The minimum absolute atomic E-state index is 0.0233. The van der Waals surface area contributed by atoms with E-state index in [9.17, 15) is 9.18 Å². The van der Waals surface area contributed by atoms with Gasteiger partial charge in [0, 0.05) is 26.5 Å². The van der Waals surface area contributed by atoms with Crippen molar-refractivity contribution >= 4 is 44.9 Å². The predicted molar refractivity (Wildman–Crippen MR) is 78.6 cm³/mol. The monoisotopic (exact) mass is 360 g/mol. The van der Waals surface area contributed by atoms with Crippen molar-refractivity contribution in [2.24, 2.45) is 0 Å². The third-order valence-electron chi connectivity index (χ3n) is 2.59. The number of carbonyl (C=O) groups is 1. The van der Waals surface area contributed by atoms with Gasteiger partial charge in [0.1, 0.15) is 5.82 Å². The zero-order valence-corrected chi connectivity index (χ0v) is 12.7. The molecule has 2 aromatic carbocycles. The second-order valence-corrected chi connectivity index (χ2v) is 5.66. The van der Waals surface area contributed by atoms with Crippen molar-refractivity contribution in [1.29, 1.82) is 0 Å². The molecule has 0 radical (unpaired) electrons. The Kier molecular flexibility index (Phi) is 4.61. The summed E-state index contributed by atoms with van der Waals surface area (Å²) in [6.07, 6.45) is 0.0233. The highest BCUT2D eigenvalue weighted by Crippen LogP contribution is 2.24. The molecule has 0 N–H and O–H groups in total. The largest absolute Gasteiger partial charge is 0.294 e. The van der Waals surface area contributed by atoms with Crippen LogP contribution in [0.1, 0.15) is 15.9 Å². The van der Waals surface area contributed by atoms with E-state index in [1.54, 1.807) is 18.2 Å². The Bertz CT molecular complexity index is 643. The Morgan fingerprint density at radius 3 is 2.63 bits per heavy atom. The Balaban J connectivity index is 2.30. The van der Waals surface area contributed by atoms with Gasteiger partial charge < -0.3 is 0 Å². The molecule has 0 aromatic heterocycles. The smallest absolute Gasteiger partial charge is 0.168 e. The highest BCUT2D eigenvalue weighted by Gasteiger charge is 2.14. The van der Waals surface area contributed by atoms with E-state index in [0.29, 0.717) is 25.6 Å². The van der Waals surface area contributed by atoms with E-state index in [0.717, 1.165) is 0 Å². The molecule has 0 heterocycles. The van der Waals surface area contributed by atoms with Gasteiger partial charge in [0.15, 0.2) is 5.78 Å². The standard InChI is InChI=1S/C14H8BrCl2FO/c15-12-3-1-9(16)7-11(12)14(19)6-8-5-10(18)2-4-13(8)17/h1-5,7H,6H2. The SMILES string of the molecule is O=C(Cc1cc(F)ccc1Cl)c1cc(Cl)ccc1Br. The number of halogens is 4. The predicted octanol–water partition coefficient (Wildman–Crippen LogP) is 5.32. The van der Waals surface area contributed by atoms with Crippen molar-refractivity contribution in [3.63, 3.8) is 0 Å². The summed E-state index contributed by atoms with van der Waals surface area (Å²) in [5.74, 6) is -0.598. The van der Waals surface area contributed by atoms with Gasteiger partial charge >= 0.3 is 0 Å². The van der Waals surface area contributed by atoms with Crippen molar-refractivity contribution < 1.29 is 9.18 Å². The number of hydrogen-bond donors (Lipinski definition) is 0. The number of hydrogen-bond acceptors (Lipinski definition) is 1. The van der Waals surface area contributed by atoms with E-state index in [4.69, 9.17) is 23.2 Å². The molecule has 19 heavy (non-hydrogen) atoms. The lowest BCUT2D eigenvalue weighted by Crippen LogP contribution is -2.05. The van der Waals surface area contributed by atoms with Gasteiger partial charge in [-0.1, -0.05) is 39.1 Å². The topological polar surface area (TPSA) is 17.1 Å². The number of ketones is 1. The van der Waals surface area contributed by atoms with E-state index in [-0.39, 0.29) is 12.2 Å². The van der Waals surface area contributed by atoms with E-state index < -0.39 is 5.82 Å². The number of Topliss-reactive ketones (excluding diaryl/α,β-unsaturated/α-hetero) is 1. The summed E-state index contributed by atoms with van der Waals surface area (Å²) in [5, 5.41) is 0.838. The first kappa shape index (κ1) is 14.5. The highest BCUT2D eigenvalue weighted by molar-refractivity contribution is 9.10. The van der Waals surface area contributed by atoms with Crippen LogP contribution in [0.25, 0.3) is 0 Å². The molecule has 0 saturated heterocycles. The van der Waals surface area contributed by atoms with Crippen LogP contribution >= 0.6 is 39.1 Å². The third kappa shape index (κ3) is 3.56. The van der Waals surface area contributed by atoms with Crippen LogP contribution in [0.5, 0.6) is 0 Å². The van der Waals surface area contributed by atoms with Gasteiger partial charge in [0.2, 0.25) is 0 Å². The summed E-state index contributed by atoms with van der Waals surface area (Å²) in [4.78, 5) is 12.2. The summed E-state index contributed by atoms with van der Waals surface area (Å²) in [7, 11) is 0. The fourth-order valence-corrected chi connectivity index (χ4v) is 2.48. The summed E-state index contributed by atoms with van der Waals surface area (Å²) < 4.78 is 13.8. The summed E-state index contributed by atoms with van der Waals surface area (Å²) >= 11 is 15.1. The normalized spacial score (nSPS) is 10.5. The molecule has 0 amide bonds. The second-order valence-electron chi connectivity index (χ2n) is 3.96. The van der Waals surface area contributed by atoms with Crippen LogP contribution in [0.15, 0.2) is 40.9 Å². The molecule has 0 bridgehead atoms. The lowest BCUT2D eigenvalue weighted by atomic mass is 10.0. The quantitative estimate of drug-likeness (QED) is 0.676. The number of carbonyl (C=O) groups excluding carboxylic acids is 1. The lowest BCUT2D eigenvalue weighted by molar-refractivity contribution is 0.0992. The van der Waals surface area contributed by atoms with Crippen molar-refractivity contribution in [2.45, 2.75) is 6.42 Å². The molecule has 0 fully saturated rings. The van der Waals surface area contributed by atoms with Crippen LogP contribution in [0.4, 0.5) is 4.39 Å². The van der Waals surface area contributed by atoms with Gasteiger partial charge in [-0.05, 0) is 42.0 Å². The Labute approximate surface area is 128 Å². The zero-order valence-electron chi connectivity index (χ0n) is 9.59. The van der Waals surface area contributed by atoms with Crippen LogP contribution in [-0.2, 0) is 6.42 Å². The fourth-order valence-electron chi connectivity index (χ4n) is 1.66. The van der Waals surface area contributed by atoms with Crippen molar-refractivity contribution in [2.75, 3.05) is 0 Å². The Morgan fingerprint density at radius 2 is 1.89 bits per heavy atom. The van der Waals surface area contributed by atoms with Crippen LogP contribution in [-0.4, -0.2) is 5.78 Å². The van der Waals surface area contributed by atoms with Crippen LogP contribution in [0.2, 0.25) is 10.0 Å². The zero-order chi connectivity index (χ0) is 14.0. The maximum atomic E-state index is 13.1. The van der Waals surface area contributed by atoms with Gasteiger partial charge in [-0.15, -0.1) is 0 Å². The Hall–Kier alpha value is -0.900. The van der Waals surface area contributed by atoms with Crippen molar-refractivity contribution in [3.05, 3.63) is 67.9 Å². The van der Waals surface area contributed by atoms with E-state index in [1.807, 2.05) is 0 Å². The third-order valence-corrected chi connectivity index (χ3v) is 3.88.